The highest BCUT2D eigenvalue weighted by molar-refractivity contribution is 9.10. The molecular weight excluding hydrogens is 328 g/mol. The van der Waals surface area contributed by atoms with Crippen molar-refractivity contribution in [2.24, 2.45) is 0 Å². The Balaban J connectivity index is 2.35. The molecule has 0 aliphatic heterocycles. The van der Waals surface area contributed by atoms with Crippen molar-refractivity contribution in [3.05, 3.63) is 46.1 Å². The van der Waals surface area contributed by atoms with Crippen LogP contribution in [0.2, 0.25) is 0 Å². The third-order valence-electron chi connectivity index (χ3n) is 2.51. The molecule has 4 nitrogen and oxygen atoms in total. The molecule has 0 atom stereocenters. The molecule has 0 spiro atoms. The number of carboxylic acids is 1. The van der Waals surface area contributed by atoms with Crippen molar-refractivity contribution < 1.29 is 9.90 Å². The van der Waals surface area contributed by atoms with Gasteiger partial charge < -0.3 is 10.8 Å². The molecule has 0 saturated heterocycles. The van der Waals surface area contributed by atoms with Gasteiger partial charge in [0.1, 0.15) is 5.03 Å². The summed E-state index contributed by atoms with van der Waals surface area (Å²) in [5.74, 6) is -1.02. The van der Waals surface area contributed by atoms with Gasteiger partial charge in [0.05, 0.1) is 5.56 Å². The number of nitrogen functional groups attached to an aromatic ring is 1. The molecule has 0 radical (unpaired) electrons. The minimum atomic E-state index is -1.02. The number of benzene rings is 1. The highest BCUT2D eigenvalue weighted by Gasteiger charge is 2.12. The second-order valence-corrected chi connectivity index (χ2v) is 5.93. The largest absolute Gasteiger partial charge is 0.478 e. The number of hydrogen-bond donors (Lipinski definition) is 2. The topological polar surface area (TPSA) is 76.2 Å². The Morgan fingerprint density at radius 1 is 1.42 bits per heavy atom. The first-order valence-corrected chi connectivity index (χ1v) is 7.01. The summed E-state index contributed by atoms with van der Waals surface area (Å²) in [6.07, 6.45) is 1.70. The fraction of sp³-hybridized carbons (Fsp3) is 0.0769. The maximum absolute atomic E-state index is 11.1. The lowest BCUT2D eigenvalue weighted by molar-refractivity contribution is 0.0697. The van der Waals surface area contributed by atoms with Gasteiger partial charge in [0.25, 0.3) is 0 Å². The van der Waals surface area contributed by atoms with Gasteiger partial charge in [-0.25, -0.2) is 9.78 Å². The molecular formula is C13H11BrN2O2S. The molecule has 6 heteroatoms. The normalized spacial score (nSPS) is 10.4. The Bertz CT molecular complexity index is 629. The monoisotopic (exact) mass is 338 g/mol. The van der Waals surface area contributed by atoms with Crippen molar-refractivity contribution in [3.8, 4) is 0 Å². The lowest BCUT2D eigenvalue weighted by Gasteiger charge is -2.08. The van der Waals surface area contributed by atoms with Gasteiger partial charge in [0, 0.05) is 21.3 Å². The van der Waals surface area contributed by atoms with Crippen LogP contribution < -0.4 is 5.73 Å². The van der Waals surface area contributed by atoms with Crippen molar-refractivity contribution in [2.45, 2.75) is 16.8 Å². The molecule has 0 bridgehead atoms. The van der Waals surface area contributed by atoms with Gasteiger partial charge in [0.15, 0.2) is 0 Å². The highest BCUT2D eigenvalue weighted by atomic mass is 79.9. The number of aromatic nitrogens is 1. The number of carbonyl (C=O) groups is 1. The standard InChI is InChI=1S/C13H11BrN2O2S/c1-7-4-9(5-10(12(7)15)13(17)18)19-11-3-2-8(14)6-16-11/h2-6H,15H2,1H3,(H,17,18). The van der Waals surface area contributed by atoms with E-state index in [1.54, 1.807) is 19.2 Å². The van der Waals surface area contributed by atoms with Gasteiger partial charge in [-0.1, -0.05) is 11.8 Å². The third-order valence-corrected chi connectivity index (χ3v) is 3.90. The van der Waals surface area contributed by atoms with E-state index in [0.717, 1.165) is 20.0 Å². The Labute approximate surface area is 123 Å². The van der Waals surface area contributed by atoms with Crippen LogP contribution in [0.25, 0.3) is 0 Å². The molecule has 0 aliphatic carbocycles. The average Bonchev–Trinajstić information content (AvgIpc) is 2.36. The van der Waals surface area contributed by atoms with Crippen LogP contribution in [0.15, 0.2) is 44.9 Å². The summed E-state index contributed by atoms with van der Waals surface area (Å²) < 4.78 is 0.900. The van der Waals surface area contributed by atoms with Gasteiger partial charge in [-0.05, 0) is 52.7 Å². The average molecular weight is 339 g/mol. The Morgan fingerprint density at radius 3 is 2.74 bits per heavy atom. The van der Waals surface area contributed by atoms with Crippen LogP contribution in [0.4, 0.5) is 5.69 Å². The minimum Gasteiger partial charge on any atom is -0.478 e. The molecule has 2 rings (SSSR count). The van der Waals surface area contributed by atoms with Crippen LogP contribution in [0, 0.1) is 6.92 Å². The molecule has 0 fully saturated rings. The summed E-state index contributed by atoms with van der Waals surface area (Å²) in [7, 11) is 0. The second kappa shape index (κ2) is 5.63. The van der Waals surface area contributed by atoms with Gasteiger partial charge in [-0.2, -0.15) is 0 Å². The maximum atomic E-state index is 11.1. The zero-order valence-electron chi connectivity index (χ0n) is 10.1. The van der Waals surface area contributed by atoms with E-state index in [-0.39, 0.29) is 5.56 Å². The van der Waals surface area contributed by atoms with E-state index < -0.39 is 5.97 Å². The van der Waals surface area contributed by atoms with Crippen molar-refractivity contribution in [1.82, 2.24) is 4.98 Å². The molecule has 0 unspecified atom stereocenters. The SMILES string of the molecule is Cc1cc(Sc2ccc(Br)cn2)cc(C(=O)O)c1N. The Morgan fingerprint density at radius 2 is 2.16 bits per heavy atom. The first-order chi connectivity index (χ1) is 8.97. The Kier molecular flexibility index (Phi) is 4.11. The van der Waals surface area contributed by atoms with Gasteiger partial charge >= 0.3 is 5.97 Å². The molecule has 0 amide bonds. The number of aromatic carboxylic acids is 1. The van der Waals surface area contributed by atoms with E-state index in [1.165, 1.54) is 11.8 Å². The zero-order chi connectivity index (χ0) is 14.0. The van der Waals surface area contributed by atoms with Crippen LogP contribution in [0.5, 0.6) is 0 Å². The number of nitrogens with zero attached hydrogens (tertiary/aromatic N) is 1. The van der Waals surface area contributed by atoms with E-state index in [1.807, 2.05) is 18.2 Å². The smallest absolute Gasteiger partial charge is 0.337 e. The fourth-order valence-corrected chi connectivity index (χ4v) is 2.67. The molecule has 1 aromatic heterocycles. The molecule has 98 valence electrons. The van der Waals surface area contributed by atoms with Crippen LogP contribution >= 0.6 is 27.7 Å². The number of pyridine rings is 1. The van der Waals surface area contributed by atoms with Gasteiger partial charge in [0.2, 0.25) is 0 Å². The molecule has 2 aromatic rings. The van der Waals surface area contributed by atoms with E-state index in [2.05, 4.69) is 20.9 Å². The predicted octanol–water partition coefficient (Wildman–Crippen LogP) is 3.58. The lowest BCUT2D eigenvalue weighted by Crippen LogP contribution is -2.04. The maximum Gasteiger partial charge on any atom is 0.337 e. The van der Waals surface area contributed by atoms with Crippen molar-refractivity contribution in [1.29, 1.82) is 0 Å². The molecule has 1 heterocycles. The Hall–Kier alpha value is -1.53. The van der Waals surface area contributed by atoms with Crippen LogP contribution in [0.3, 0.4) is 0 Å². The summed E-state index contributed by atoms with van der Waals surface area (Å²) in [5, 5.41) is 9.90. The zero-order valence-corrected chi connectivity index (χ0v) is 12.5. The van der Waals surface area contributed by atoms with Gasteiger partial charge in [-0.3, -0.25) is 0 Å². The summed E-state index contributed by atoms with van der Waals surface area (Å²) in [5.41, 5.74) is 6.93. The molecule has 0 aliphatic rings. The molecule has 0 saturated carbocycles. The summed E-state index contributed by atoms with van der Waals surface area (Å²) in [4.78, 5) is 16.2. The molecule has 3 N–H and O–H groups in total. The number of aryl methyl sites for hydroxylation is 1. The van der Waals surface area contributed by atoms with Crippen LogP contribution in [-0.2, 0) is 0 Å². The van der Waals surface area contributed by atoms with Gasteiger partial charge in [-0.15, -0.1) is 0 Å². The number of anilines is 1. The van der Waals surface area contributed by atoms with Crippen molar-refractivity contribution in [3.63, 3.8) is 0 Å². The van der Waals surface area contributed by atoms with E-state index in [9.17, 15) is 4.79 Å². The number of nitrogens with two attached hydrogens (primary N) is 1. The first-order valence-electron chi connectivity index (χ1n) is 5.40. The van der Waals surface area contributed by atoms with Crippen LogP contribution in [0.1, 0.15) is 15.9 Å². The van der Waals surface area contributed by atoms with Crippen LogP contribution in [-0.4, -0.2) is 16.1 Å². The first kappa shape index (κ1) is 13.9. The number of hydrogen-bond acceptors (Lipinski definition) is 4. The van der Waals surface area contributed by atoms with E-state index >= 15 is 0 Å². The number of carboxylic acid groups (broad SMARTS) is 1. The number of halogens is 1. The lowest BCUT2D eigenvalue weighted by atomic mass is 10.1. The minimum absolute atomic E-state index is 0.125. The quantitative estimate of drug-likeness (QED) is 0.836. The van der Waals surface area contributed by atoms with Crippen molar-refractivity contribution >= 4 is 39.3 Å². The summed E-state index contributed by atoms with van der Waals surface area (Å²) in [6.45, 7) is 1.79. The van der Waals surface area contributed by atoms with Crippen molar-refractivity contribution in [2.75, 3.05) is 5.73 Å². The number of rotatable bonds is 3. The van der Waals surface area contributed by atoms with E-state index in [0.29, 0.717) is 5.69 Å². The fourth-order valence-electron chi connectivity index (χ4n) is 1.54. The predicted molar refractivity (Wildman–Crippen MR) is 78.6 cm³/mol. The summed E-state index contributed by atoms with van der Waals surface area (Å²) >= 11 is 4.72. The third kappa shape index (κ3) is 3.27. The summed E-state index contributed by atoms with van der Waals surface area (Å²) in [6, 6.07) is 7.17. The molecule has 1 aromatic carbocycles. The second-order valence-electron chi connectivity index (χ2n) is 3.92. The van der Waals surface area contributed by atoms with E-state index in [4.69, 9.17) is 10.8 Å². The molecule has 19 heavy (non-hydrogen) atoms. The highest BCUT2D eigenvalue weighted by Crippen LogP contribution is 2.31.